The highest BCUT2D eigenvalue weighted by atomic mass is 32.2. The first-order valence-electron chi connectivity index (χ1n) is 9.41. The standard InChI is InChI=1S/C18H18F4N6O3S/c1-32(30,31)27-5-4-13(16(29)9-27)25-17-24-8-15-11(19)6-14(28(15)26-17)12-3-2-10(7-23-12)18(20,21)22/h2-3,6-8,13,16,29H,4-5,9H2,1H3,(H,25,26)/t13-,16-/m1/s1. The fourth-order valence-electron chi connectivity index (χ4n) is 3.45. The molecular weight excluding hydrogens is 456 g/mol. The first-order chi connectivity index (χ1) is 14.9. The van der Waals surface area contributed by atoms with Crippen molar-refractivity contribution in [1.82, 2.24) is 23.9 Å². The van der Waals surface area contributed by atoms with Gasteiger partial charge in [0.1, 0.15) is 5.52 Å². The molecule has 0 bridgehead atoms. The number of hydrogen-bond acceptors (Lipinski definition) is 7. The van der Waals surface area contributed by atoms with Gasteiger partial charge in [-0.25, -0.2) is 22.3 Å². The van der Waals surface area contributed by atoms with Crippen molar-refractivity contribution >= 4 is 21.5 Å². The molecule has 32 heavy (non-hydrogen) atoms. The highest BCUT2D eigenvalue weighted by Crippen LogP contribution is 2.30. The monoisotopic (exact) mass is 474 g/mol. The number of nitrogens with zero attached hydrogens (tertiary/aromatic N) is 5. The summed E-state index contributed by atoms with van der Waals surface area (Å²) in [6.07, 6.45) is -2.40. The minimum atomic E-state index is -4.55. The summed E-state index contributed by atoms with van der Waals surface area (Å²) < 4.78 is 78.3. The molecule has 0 amide bonds. The van der Waals surface area contributed by atoms with Crippen LogP contribution in [0.2, 0.25) is 0 Å². The van der Waals surface area contributed by atoms with Gasteiger partial charge in [-0.1, -0.05) is 0 Å². The molecule has 0 unspecified atom stereocenters. The number of aliphatic hydroxyl groups excluding tert-OH is 1. The molecule has 4 rings (SSSR count). The second kappa shape index (κ2) is 7.94. The van der Waals surface area contributed by atoms with E-state index >= 15 is 0 Å². The Hall–Kier alpha value is -2.84. The Kier molecular flexibility index (Phi) is 5.55. The Balaban J connectivity index is 1.61. The van der Waals surface area contributed by atoms with E-state index in [-0.39, 0.29) is 42.4 Å². The normalized spacial score (nSPS) is 20.6. The first kappa shape index (κ1) is 22.4. The van der Waals surface area contributed by atoms with E-state index in [2.05, 4.69) is 20.4 Å². The Morgan fingerprint density at radius 1 is 1.22 bits per heavy atom. The molecule has 0 spiro atoms. The maximum atomic E-state index is 14.3. The van der Waals surface area contributed by atoms with Crippen LogP contribution in [0.1, 0.15) is 12.0 Å². The van der Waals surface area contributed by atoms with Gasteiger partial charge in [-0.15, -0.1) is 5.10 Å². The van der Waals surface area contributed by atoms with Gasteiger partial charge in [0.05, 0.1) is 41.5 Å². The summed E-state index contributed by atoms with van der Waals surface area (Å²) in [5.41, 5.74) is -0.763. The molecule has 1 fully saturated rings. The van der Waals surface area contributed by atoms with Gasteiger partial charge in [0.2, 0.25) is 16.0 Å². The number of sulfonamides is 1. The summed E-state index contributed by atoms with van der Waals surface area (Å²) in [5.74, 6) is -0.659. The zero-order valence-electron chi connectivity index (χ0n) is 16.6. The van der Waals surface area contributed by atoms with Crippen LogP contribution < -0.4 is 5.32 Å². The van der Waals surface area contributed by atoms with E-state index in [1.807, 2.05) is 0 Å². The SMILES string of the molecule is CS(=O)(=O)N1CC[C@@H](Nc2ncc3c(F)cc(-c4ccc(C(F)(F)F)cn4)n3n2)[C@H](O)C1. The van der Waals surface area contributed by atoms with Gasteiger partial charge in [-0.3, -0.25) is 4.98 Å². The Morgan fingerprint density at radius 2 is 1.97 bits per heavy atom. The summed E-state index contributed by atoms with van der Waals surface area (Å²) in [4.78, 5) is 7.80. The van der Waals surface area contributed by atoms with E-state index in [0.29, 0.717) is 6.20 Å². The quantitative estimate of drug-likeness (QED) is 0.554. The maximum absolute atomic E-state index is 14.3. The summed E-state index contributed by atoms with van der Waals surface area (Å²) >= 11 is 0. The van der Waals surface area contributed by atoms with Crippen molar-refractivity contribution in [3.63, 3.8) is 0 Å². The predicted molar refractivity (Wildman–Crippen MR) is 106 cm³/mol. The molecule has 1 saturated heterocycles. The number of piperidine rings is 1. The fourth-order valence-corrected chi connectivity index (χ4v) is 4.31. The maximum Gasteiger partial charge on any atom is 0.417 e. The molecule has 1 aliphatic rings. The second-order valence-electron chi connectivity index (χ2n) is 7.41. The topological polar surface area (TPSA) is 113 Å². The molecule has 14 heteroatoms. The Morgan fingerprint density at radius 3 is 2.56 bits per heavy atom. The number of fused-ring (bicyclic) bond motifs is 1. The summed E-state index contributed by atoms with van der Waals surface area (Å²) in [7, 11) is -3.44. The second-order valence-corrected chi connectivity index (χ2v) is 9.40. The van der Waals surface area contributed by atoms with E-state index in [0.717, 1.165) is 33.3 Å². The zero-order valence-corrected chi connectivity index (χ0v) is 17.4. The van der Waals surface area contributed by atoms with Crippen LogP contribution in [0.5, 0.6) is 0 Å². The Labute approximate surface area is 179 Å². The molecule has 0 radical (unpaired) electrons. The molecule has 2 atom stereocenters. The van der Waals surface area contributed by atoms with Crippen LogP contribution in [0.25, 0.3) is 16.9 Å². The summed E-state index contributed by atoms with van der Waals surface area (Å²) in [5, 5.41) is 17.4. The third-order valence-corrected chi connectivity index (χ3v) is 6.42. The van der Waals surface area contributed by atoms with E-state index in [4.69, 9.17) is 0 Å². The number of aromatic nitrogens is 4. The highest BCUT2D eigenvalue weighted by Gasteiger charge is 2.33. The molecule has 0 aromatic carbocycles. The molecule has 2 N–H and O–H groups in total. The van der Waals surface area contributed by atoms with Crippen molar-refractivity contribution in [3.8, 4) is 11.4 Å². The molecule has 0 saturated carbocycles. The van der Waals surface area contributed by atoms with Crippen LogP contribution in [0, 0.1) is 5.82 Å². The van der Waals surface area contributed by atoms with Crippen molar-refractivity contribution in [3.05, 3.63) is 42.0 Å². The molecule has 0 aliphatic carbocycles. The number of β-amino-alcohol motifs (C(OH)–C–C–N with tert-alkyl or cyclic N) is 1. The van der Waals surface area contributed by atoms with E-state index in [9.17, 15) is 31.1 Å². The van der Waals surface area contributed by atoms with Crippen molar-refractivity contribution in [2.24, 2.45) is 0 Å². The van der Waals surface area contributed by atoms with Crippen LogP contribution in [-0.2, 0) is 16.2 Å². The third kappa shape index (κ3) is 4.38. The number of hydrogen-bond donors (Lipinski definition) is 2. The number of pyridine rings is 1. The molecule has 3 aromatic rings. The predicted octanol–water partition coefficient (Wildman–Crippen LogP) is 1.76. The van der Waals surface area contributed by atoms with Crippen molar-refractivity contribution in [2.75, 3.05) is 24.7 Å². The van der Waals surface area contributed by atoms with Gasteiger partial charge < -0.3 is 10.4 Å². The highest BCUT2D eigenvalue weighted by molar-refractivity contribution is 7.88. The van der Waals surface area contributed by atoms with Gasteiger partial charge >= 0.3 is 6.18 Å². The first-order valence-corrected chi connectivity index (χ1v) is 11.3. The van der Waals surface area contributed by atoms with E-state index in [1.54, 1.807) is 0 Å². The minimum Gasteiger partial charge on any atom is -0.390 e. The van der Waals surface area contributed by atoms with Crippen LogP contribution in [0.15, 0.2) is 30.6 Å². The Bertz CT molecular complexity index is 1250. The van der Waals surface area contributed by atoms with Gasteiger partial charge in [0.15, 0.2) is 5.82 Å². The van der Waals surface area contributed by atoms with Gasteiger partial charge in [-0.2, -0.15) is 17.5 Å². The molecule has 3 aromatic heterocycles. The van der Waals surface area contributed by atoms with Crippen molar-refractivity contribution in [1.29, 1.82) is 0 Å². The lowest BCUT2D eigenvalue weighted by Gasteiger charge is -2.34. The minimum absolute atomic E-state index is 0.0142. The molecule has 4 heterocycles. The lowest BCUT2D eigenvalue weighted by molar-refractivity contribution is -0.137. The number of anilines is 1. The lowest BCUT2D eigenvalue weighted by atomic mass is 10.0. The molecule has 172 valence electrons. The van der Waals surface area contributed by atoms with E-state index < -0.39 is 39.7 Å². The number of nitrogens with one attached hydrogen (secondary N) is 1. The van der Waals surface area contributed by atoms with Crippen molar-refractivity contribution < 1.29 is 31.1 Å². The van der Waals surface area contributed by atoms with Crippen molar-refractivity contribution in [2.45, 2.75) is 24.7 Å². The van der Waals surface area contributed by atoms with E-state index in [1.165, 1.54) is 6.20 Å². The summed E-state index contributed by atoms with van der Waals surface area (Å²) in [6.45, 7) is 0.0896. The van der Waals surface area contributed by atoms with Gasteiger partial charge in [-0.05, 0) is 18.6 Å². The molecule has 9 nitrogen and oxygen atoms in total. The van der Waals surface area contributed by atoms with Gasteiger partial charge in [0, 0.05) is 25.4 Å². The molecular formula is C18H18F4N6O3S. The third-order valence-electron chi connectivity index (χ3n) is 5.15. The summed E-state index contributed by atoms with van der Waals surface area (Å²) in [6, 6.07) is 2.48. The lowest BCUT2D eigenvalue weighted by Crippen LogP contribution is -2.51. The van der Waals surface area contributed by atoms with Crippen LogP contribution in [-0.4, -0.2) is 68.9 Å². The largest absolute Gasteiger partial charge is 0.417 e. The molecule has 1 aliphatic heterocycles. The number of alkyl halides is 3. The average molecular weight is 474 g/mol. The fraction of sp³-hybridized carbons (Fsp3) is 0.389. The average Bonchev–Trinajstić information content (AvgIpc) is 3.04. The van der Waals surface area contributed by atoms with Crippen LogP contribution >= 0.6 is 0 Å². The van der Waals surface area contributed by atoms with Crippen LogP contribution in [0.3, 0.4) is 0 Å². The number of aliphatic hydroxyl groups is 1. The van der Waals surface area contributed by atoms with Crippen LogP contribution in [0.4, 0.5) is 23.5 Å². The van der Waals surface area contributed by atoms with Gasteiger partial charge in [0.25, 0.3) is 0 Å². The zero-order chi connectivity index (χ0) is 23.3. The number of rotatable bonds is 4. The number of halogens is 4. The smallest absolute Gasteiger partial charge is 0.390 e.